The topological polar surface area (TPSA) is 107 Å². The molecule has 7 rings (SSSR count). The summed E-state index contributed by atoms with van der Waals surface area (Å²) >= 11 is 12.9. The van der Waals surface area contributed by atoms with E-state index in [4.69, 9.17) is 32.4 Å². The number of hydrogen-bond acceptors (Lipinski definition) is 7. The van der Waals surface area contributed by atoms with Crippen molar-refractivity contribution < 1.29 is 18.7 Å². The number of ether oxygens (including phenoxy) is 1. The molecule has 2 aliphatic carbocycles. The monoisotopic (exact) mass is 622 g/mol. The molecule has 0 radical (unpaired) electrons. The van der Waals surface area contributed by atoms with E-state index in [0.29, 0.717) is 41.9 Å². The van der Waals surface area contributed by atoms with Gasteiger partial charge in [0.1, 0.15) is 17.0 Å². The second-order valence-corrected chi connectivity index (χ2v) is 14.6. The third-order valence-corrected chi connectivity index (χ3v) is 11.4. The second-order valence-electron chi connectivity index (χ2n) is 13.8. The highest BCUT2D eigenvalue weighted by atomic mass is 35.5. The van der Waals surface area contributed by atoms with Crippen LogP contribution in [0.25, 0.3) is 0 Å². The number of amides is 1. The fourth-order valence-electron chi connectivity index (χ4n) is 8.79. The van der Waals surface area contributed by atoms with Crippen molar-refractivity contribution in [2.24, 2.45) is 22.7 Å². The lowest BCUT2D eigenvalue weighted by Crippen LogP contribution is -2.52. The molecule has 5 atom stereocenters. The van der Waals surface area contributed by atoms with E-state index in [1.807, 2.05) is 30.3 Å². The summed E-state index contributed by atoms with van der Waals surface area (Å²) in [5, 5.41) is 11.9. The first-order valence-corrected chi connectivity index (χ1v) is 16.0. The number of anilines is 1. The summed E-state index contributed by atoms with van der Waals surface area (Å²) in [6.45, 7) is 5.05. The molecule has 2 spiro atoms. The van der Waals surface area contributed by atoms with Gasteiger partial charge >= 0.3 is 0 Å². The van der Waals surface area contributed by atoms with Gasteiger partial charge in [0, 0.05) is 35.2 Å². The lowest BCUT2D eigenvalue weighted by Gasteiger charge is -2.51. The molecule has 226 valence electrons. The van der Waals surface area contributed by atoms with Crippen LogP contribution < -0.4 is 5.32 Å². The highest BCUT2D eigenvalue weighted by molar-refractivity contribution is 6.31. The first-order valence-electron chi connectivity index (χ1n) is 15.3. The summed E-state index contributed by atoms with van der Waals surface area (Å²) in [4.78, 5) is 33.4. The SMILES string of the molecule is CC1(C)CCC2(CC1)C[C@@H](C(=O)C[C@@H]1CC[C@@H](c3nnco3)OC1)[C@H](c1ccnc(Cl)c1)[C@]21C(=O)Nc2cc(Cl)ccc21. The highest BCUT2D eigenvalue weighted by Crippen LogP contribution is 2.72. The third-order valence-electron chi connectivity index (χ3n) is 10.9. The number of nitrogens with one attached hydrogen (secondary N) is 1. The Morgan fingerprint density at radius 1 is 1.09 bits per heavy atom. The molecule has 1 N–H and O–H groups in total. The van der Waals surface area contributed by atoms with Gasteiger partial charge in [0.05, 0.1) is 12.0 Å². The fourth-order valence-corrected chi connectivity index (χ4v) is 9.14. The molecule has 3 fully saturated rings. The zero-order valence-corrected chi connectivity index (χ0v) is 26.0. The molecule has 0 bridgehead atoms. The number of halogens is 2. The third kappa shape index (κ3) is 4.72. The smallest absolute Gasteiger partial charge is 0.244 e. The highest BCUT2D eigenvalue weighted by Gasteiger charge is 2.72. The number of nitrogens with zero attached hydrogens (tertiary/aromatic N) is 3. The molecular formula is C33H36Cl2N4O4. The first-order chi connectivity index (χ1) is 20.6. The van der Waals surface area contributed by atoms with Crippen LogP contribution in [0.15, 0.2) is 47.3 Å². The number of Topliss-reactive ketones (excluding diaryl/α,β-unsaturated/α-hetero) is 1. The Kier molecular flexibility index (Phi) is 7.18. The molecule has 3 aromatic rings. The van der Waals surface area contributed by atoms with Gasteiger partial charge in [0.15, 0.2) is 0 Å². The van der Waals surface area contributed by atoms with Crippen molar-refractivity contribution in [1.82, 2.24) is 15.2 Å². The Morgan fingerprint density at radius 3 is 2.60 bits per heavy atom. The minimum absolute atomic E-state index is 0.0406. The van der Waals surface area contributed by atoms with Crippen molar-refractivity contribution in [3.63, 3.8) is 0 Å². The maximum atomic E-state index is 14.6. The van der Waals surface area contributed by atoms with E-state index >= 15 is 0 Å². The van der Waals surface area contributed by atoms with Gasteiger partial charge in [0.2, 0.25) is 18.2 Å². The van der Waals surface area contributed by atoms with Crippen molar-refractivity contribution in [2.45, 2.75) is 82.7 Å². The van der Waals surface area contributed by atoms with Gasteiger partial charge < -0.3 is 14.5 Å². The molecule has 8 nitrogen and oxygen atoms in total. The van der Waals surface area contributed by atoms with E-state index in [2.05, 4.69) is 34.3 Å². The second kappa shape index (κ2) is 10.7. The predicted molar refractivity (Wildman–Crippen MR) is 162 cm³/mol. The van der Waals surface area contributed by atoms with E-state index < -0.39 is 10.8 Å². The molecule has 2 aromatic heterocycles. The summed E-state index contributed by atoms with van der Waals surface area (Å²) in [5.74, 6) is -0.0550. The average molecular weight is 624 g/mol. The number of hydrogen-bond donors (Lipinski definition) is 1. The molecule has 0 unspecified atom stereocenters. The quantitative estimate of drug-likeness (QED) is 0.294. The molecular weight excluding hydrogens is 587 g/mol. The first kappa shape index (κ1) is 28.9. The summed E-state index contributed by atoms with van der Waals surface area (Å²) in [7, 11) is 0. The number of aromatic nitrogens is 3. The molecule has 1 amide bonds. The molecule has 2 aliphatic heterocycles. The average Bonchev–Trinajstić information content (AvgIpc) is 3.68. The van der Waals surface area contributed by atoms with E-state index in [0.717, 1.165) is 48.9 Å². The van der Waals surface area contributed by atoms with Crippen molar-refractivity contribution in [1.29, 1.82) is 0 Å². The zero-order valence-electron chi connectivity index (χ0n) is 24.4. The number of carbonyl (C=O) groups is 2. The lowest BCUT2D eigenvalue weighted by atomic mass is 9.51. The van der Waals surface area contributed by atoms with Crippen molar-refractivity contribution >= 4 is 40.6 Å². The van der Waals surface area contributed by atoms with E-state index in [1.165, 1.54) is 6.39 Å². The number of carbonyl (C=O) groups excluding carboxylic acids is 2. The minimum atomic E-state index is -0.930. The number of benzene rings is 1. The maximum absolute atomic E-state index is 14.6. The van der Waals surface area contributed by atoms with Crippen LogP contribution >= 0.6 is 23.2 Å². The largest absolute Gasteiger partial charge is 0.425 e. The zero-order chi connectivity index (χ0) is 30.0. The summed E-state index contributed by atoms with van der Waals surface area (Å²) in [6, 6.07) is 9.50. The van der Waals surface area contributed by atoms with Gasteiger partial charge in [-0.3, -0.25) is 9.59 Å². The Balaban J connectivity index is 1.29. The fraction of sp³-hybridized carbons (Fsp3) is 0.545. The van der Waals surface area contributed by atoms with Gasteiger partial charge in [0.25, 0.3) is 0 Å². The van der Waals surface area contributed by atoms with Crippen LogP contribution in [0.2, 0.25) is 10.2 Å². The molecule has 43 heavy (non-hydrogen) atoms. The summed E-state index contributed by atoms with van der Waals surface area (Å²) in [5.41, 5.74) is 1.43. The Bertz CT molecular complexity index is 1540. The van der Waals surface area contributed by atoms with Crippen molar-refractivity contribution in [2.75, 3.05) is 11.9 Å². The number of rotatable bonds is 5. The van der Waals surface area contributed by atoms with Crippen LogP contribution in [-0.2, 0) is 19.7 Å². The van der Waals surface area contributed by atoms with Crippen molar-refractivity contribution in [3.8, 4) is 0 Å². The predicted octanol–water partition coefficient (Wildman–Crippen LogP) is 7.48. The van der Waals surface area contributed by atoms with E-state index in [9.17, 15) is 9.59 Å². The van der Waals surface area contributed by atoms with Gasteiger partial charge in [-0.05, 0) is 97.1 Å². The van der Waals surface area contributed by atoms with E-state index in [-0.39, 0.29) is 41.0 Å². The summed E-state index contributed by atoms with van der Waals surface area (Å²) < 4.78 is 11.4. The van der Waals surface area contributed by atoms with Gasteiger partial charge in [-0.25, -0.2) is 4.98 Å². The van der Waals surface area contributed by atoms with Gasteiger partial charge in [-0.15, -0.1) is 10.2 Å². The number of ketones is 1. The molecule has 2 saturated carbocycles. The van der Waals surface area contributed by atoms with Crippen LogP contribution in [0.4, 0.5) is 5.69 Å². The van der Waals surface area contributed by atoms with Crippen LogP contribution in [0.3, 0.4) is 0 Å². The number of fused-ring (bicyclic) bond motifs is 3. The molecule has 10 heteroatoms. The van der Waals surface area contributed by atoms with E-state index in [1.54, 1.807) is 6.20 Å². The summed E-state index contributed by atoms with van der Waals surface area (Å²) in [6.07, 6.45) is 9.05. The van der Waals surface area contributed by atoms with Gasteiger partial charge in [-0.1, -0.05) is 43.1 Å². The minimum Gasteiger partial charge on any atom is -0.425 e. The molecule has 4 aliphatic rings. The Hall–Kier alpha value is -2.81. The van der Waals surface area contributed by atoms with Crippen molar-refractivity contribution in [3.05, 3.63) is 70.1 Å². The van der Waals surface area contributed by atoms with Crippen LogP contribution in [-0.4, -0.2) is 33.5 Å². The molecule has 1 saturated heterocycles. The standard InChI is InChI=1S/C33H36Cl2N4O4/c1-31(2)8-10-32(11-9-31)16-22(25(40)13-19-3-6-26(42-17-19)29-39-37-18-43-29)28(20-7-12-36-27(35)14-20)33(32)23-5-4-21(34)15-24(23)38-30(33)41/h4-5,7,12,14-15,18-19,22,26,28H,3,6,8-11,13,16-17H2,1-2H3,(H,38,41)/t19-,22-,26-,28-,33+/m0/s1. The molecule has 1 aromatic carbocycles. The normalized spacial score (nSPS) is 30.8. The Labute approximate surface area is 261 Å². The lowest BCUT2D eigenvalue weighted by molar-refractivity contribution is -0.127. The number of pyridine rings is 1. The van der Waals surface area contributed by atoms with Crippen LogP contribution in [0.5, 0.6) is 0 Å². The molecule has 4 heterocycles. The van der Waals surface area contributed by atoms with Crippen LogP contribution in [0, 0.1) is 22.7 Å². The Morgan fingerprint density at radius 2 is 1.91 bits per heavy atom. The van der Waals surface area contributed by atoms with Gasteiger partial charge in [-0.2, -0.15) is 0 Å². The van der Waals surface area contributed by atoms with Crippen LogP contribution in [0.1, 0.15) is 94.3 Å². The maximum Gasteiger partial charge on any atom is 0.244 e.